The first kappa shape index (κ1) is 3.19. The van der Waals surface area contributed by atoms with Gasteiger partial charge in [-0.05, 0) is 35.5 Å². The fourth-order valence-electron chi connectivity index (χ4n) is 3.42. The Morgan fingerprint density at radius 1 is 0.625 bits per heavy atom. The first-order chi connectivity index (χ1) is 3.91. The van der Waals surface area contributed by atoms with Gasteiger partial charge in [0.05, 0.1) is 0 Å². The van der Waals surface area contributed by atoms with Crippen LogP contribution in [-0.4, -0.2) is 6.17 Å². The Morgan fingerprint density at radius 3 is 1.38 bits per heavy atom. The van der Waals surface area contributed by atoms with E-state index in [9.17, 15) is 4.39 Å². The first-order valence-electron chi connectivity index (χ1n) is 3.55. The molecule has 8 heavy (non-hydrogen) atoms. The normalized spacial score (nSPS) is 94.9. The minimum Gasteiger partial charge on any atom is -0.247 e. The highest BCUT2D eigenvalue weighted by Gasteiger charge is 2.92. The molecule has 0 nitrogen and oxygen atoms in total. The monoisotopic (exact) mass is 110 g/mol. The van der Waals surface area contributed by atoms with Crippen molar-refractivity contribution in [3.63, 3.8) is 0 Å². The van der Waals surface area contributed by atoms with Gasteiger partial charge in [-0.3, -0.25) is 0 Å². The highest BCUT2D eigenvalue weighted by atomic mass is 19.1. The molecule has 3 unspecified atom stereocenters. The van der Waals surface area contributed by atoms with Crippen LogP contribution in [0.3, 0.4) is 0 Å². The Hall–Kier alpha value is -0.0700. The minimum absolute atomic E-state index is 0.333. The lowest BCUT2D eigenvalue weighted by Gasteiger charge is -1.98. The minimum atomic E-state index is -0.333. The number of alkyl halides is 1. The zero-order valence-corrected chi connectivity index (χ0v) is 4.42. The predicted molar refractivity (Wildman–Crippen MR) is 25.8 cm³/mol. The zero-order chi connectivity index (χ0) is 5.04. The van der Waals surface area contributed by atoms with Crippen LogP contribution in [0, 0.1) is 35.5 Å². The van der Waals surface area contributed by atoms with Crippen molar-refractivity contribution in [2.75, 3.05) is 0 Å². The van der Waals surface area contributed by atoms with Gasteiger partial charge in [-0.25, -0.2) is 4.39 Å². The van der Waals surface area contributed by atoms with Crippen molar-refractivity contribution < 1.29 is 4.39 Å². The molecule has 0 aromatic carbocycles. The molecule has 0 aromatic rings. The smallest absolute Gasteiger partial charge is 0.107 e. The third-order valence-electron chi connectivity index (χ3n) is 3.87. The molecule has 0 aliphatic heterocycles. The third kappa shape index (κ3) is 0.125. The Kier molecular flexibility index (Phi) is 0.222. The van der Waals surface area contributed by atoms with Crippen molar-refractivity contribution in [2.24, 2.45) is 35.5 Å². The summed E-state index contributed by atoms with van der Waals surface area (Å²) < 4.78 is 12.5. The summed E-state index contributed by atoms with van der Waals surface area (Å²) in [6.07, 6.45) is -0.333. The molecular formula is C7H7F. The average Bonchev–Trinajstić information content (AvgIpc) is 2.60. The molecule has 5 aliphatic rings. The molecule has 0 amide bonds. The van der Waals surface area contributed by atoms with Gasteiger partial charge >= 0.3 is 0 Å². The van der Waals surface area contributed by atoms with E-state index in [1.54, 1.807) is 0 Å². The van der Waals surface area contributed by atoms with Gasteiger partial charge in [0.15, 0.2) is 0 Å². The summed E-state index contributed by atoms with van der Waals surface area (Å²) in [5, 5.41) is 0. The summed E-state index contributed by atoms with van der Waals surface area (Å²) >= 11 is 0. The maximum atomic E-state index is 12.5. The summed E-state index contributed by atoms with van der Waals surface area (Å²) in [5.41, 5.74) is 0. The van der Waals surface area contributed by atoms with E-state index in [1.165, 1.54) is 0 Å². The van der Waals surface area contributed by atoms with Crippen molar-refractivity contribution >= 4 is 0 Å². The molecule has 1 heteroatoms. The van der Waals surface area contributed by atoms with E-state index in [1.807, 2.05) is 0 Å². The van der Waals surface area contributed by atoms with Crippen LogP contribution in [-0.2, 0) is 0 Å². The number of rotatable bonds is 0. The Labute approximate surface area is 47.1 Å². The van der Waals surface area contributed by atoms with Gasteiger partial charge in [0.2, 0.25) is 0 Å². The van der Waals surface area contributed by atoms with E-state index in [0.29, 0.717) is 11.8 Å². The topological polar surface area (TPSA) is 0 Å². The van der Waals surface area contributed by atoms with Crippen LogP contribution in [0.1, 0.15) is 0 Å². The summed E-state index contributed by atoms with van der Waals surface area (Å²) in [6.45, 7) is 0. The summed E-state index contributed by atoms with van der Waals surface area (Å²) in [6, 6.07) is 0. The van der Waals surface area contributed by atoms with Crippen molar-refractivity contribution in [3.8, 4) is 0 Å². The SMILES string of the molecule is FC1[C@H]2C3C4C3C4[C@@H]12. The zero-order valence-electron chi connectivity index (χ0n) is 4.42. The second kappa shape index (κ2) is 0.556. The highest BCUT2D eigenvalue weighted by Crippen LogP contribution is 2.93. The van der Waals surface area contributed by atoms with Crippen molar-refractivity contribution in [2.45, 2.75) is 6.17 Å². The molecule has 5 atom stereocenters. The van der Waals surface area contributed by atoms with E-state index in [4.69, 9.17) is 0 Å². The maximum absolute atomic E-state index is 12.5. The number of hydrogen-bond donors (Lipinski definition) is 0. The van der Waals surface area contributed by atoms with E-state index in [-0.39, 0.29) is 6.17 Å². The van der Waals surface area contributed by atoms with E-state index in [0.717, 1.165) is 23.7 Å². The van der Waals surface area contributed by atoms with E-state index >= 15 is 0 Å². The van der Waals surface area contributed by atoms with Gasteiger partial charge < -0.3 is 0 Å². The number of hydrogen-bond acceptors (Lipinski definition) is 0. The molecule has 0 saturated heterocycles. The Bertz CT molecular complexity index is 161. The molecule has 5 aliphatic carbocycles. The molecule has 0 N–H and O–H groups in total. The fraction of sp³-hybridized carbons (Fsp3) is 1.00. The van der Waals surface area contributed by atoms with Gasteiger partial charge in [0.1, 0.15) is 6.17 Å². The van der Waals surface area contributed by atoms with Crippen molar-refractivity contribution in [1.82, 2.24) is 0 Å². The number of halogens is 1. The van der Waals surface area contributed by atoms with Crippen molar-refractivity contribution in [3.05, 3.63) is 0 Å². The molecular weight excluding hydrogens is 103 g/mol. The molecule has 5 rings (SSSR count). The molecule has 5 fully saturated rings. The lowest BCUT2D eigenvalue weighted by atomic mass is 10.1. The molecule has 0 aromatic heterocycles. The molecule has 2 bridgehead atoms. The predicted octanol–water partition coefficient (Wildman–Crippen LogP) is 1.08. The maximum Gasteiger partial charge on any atom is 0.107 e. The average molecular weight is 110 g/mol. The van der Waals surface area contributed by atoms with Gasteiger partial charge in [0.25, 0.3) is 0 Å². The van der Waals surface area contributed by atoms with Gasteiger partial charge in [-0.1, -0.05) is 0 Å². The first-order valence-corrected chi connectivity index (χ1v) is 3.55. The van der Waals surface area contributed by atoms with Crippen LogP contribution in [0.4, 0.5) is 4.39 Å². The van der Waals surface area contributed by atoms with E-state index < -0.39 is 0 Å². The van der Waals surface area contributed by atoms with Gasteiger partial charge in [-0.2, -0.15) is 0 Å². The summed E-state index contributed by atoms with van der Waals surface area (Å²) in [5.74, 6) is 5.15. The molecule has 0 spiro atoms. The lowest BCUT2D eigenvalue weighted by Crippen LogP contribution is -1.99. The Morgan fingerprint density at radius 2 is 1.00 bits per heavy atom. The molecule has 0 radical (unpaired) electrons. The standard InChI is InChI=1S/C7H7F/c8-7-5-3-1-2(3)4(1)6(5)7/h1-7H/t1?,2?,3?,4?,5-,6+,7?. The van der Waals surface area contributed by atoms with Crippen molar-refractivity contribution in [1.29, 1.82) is 0 Å². The lowest BCUT2D eigenvalue weighted by molar-refractivity contribution is 0.342. The summed E-state index contributed by atoms with van der Waals surface area (Å²) in [7, 11) is 0. The molecule has 5 saturated carbocycles. The largest absolute Gasteiger partial charge is 0.247 e. The van der Waals surface area contributed by atoms with Gasteiger partial charge in [0, 0.05) is 0 Å². The van der Waals surface area contributed by atoms with Crippen LogP contribution in [0.15, 0.2) is 0 Å². The van der Waals surface area contributed by atoms with E-state index in [2.05, 4.69) is 0 Å². The van der Waals surface area contributed by atoms with Gasteiger partial charge in [-0.15, -0.1) is 0 Å². The Balaban J connectivity index is 1.93. The fourth-order valence-corrected chi connectivity index (χ4v) is 3.42. The van der Waals surface area contributed by atoms with Crippen LogP contribution in [0.5, 0.6) is 0 Å². The quantitative estimate of drug-likeness (QED) is 0.437. The van der Waals surface area contributed by atoms with Crippen LogP contribution >= 0.6 is 0 Å². The highest BCUT2D eigenvalue weighted by molar-refractivity contribution is 5.38. The van der Waals surface area contributed by atoms with Crippen LogP contribution in [0.2, 0.25) is 0 Å². The summed E-state index contributed by atoms with van der Waals surface area (Å²) in [4.78, 5) is 0. The second-order valence-electron chi connectivity index (χ2n) is 3.91. The second-order valence-corrected chi connectivity index (χ2v) is 3.91. The third-order valence-corrected chi connectivity index (χ3v) is 3.87. The van der Waals surface area contributed by atoms with Crippen LogP contribution < -0.4 is 0 Å². The molecule has 0 heterocycles. The molecule has 42 valence electrons. The van der Waals surface area contributed by atoms with Crippen LogP contribution in [0.25, 0.3) is 0 Å².